The number of hydrogen-bond acceptors (Lipinski definition) is 4. The Kier molecular flexibility index (Phi) is 4.97. The molecule has 3 atom stereocenters. The molecule has 7 heteroatoms. The van der Waals surface area contributed by atoms with Crippen molar-refractivity contribution in [2.24, 2.45) is 13.0 Å². The van der Waals surface area contributed by atoms with Gasteiger partial charge in [0.15, 0.2) is 0 Å². The molecular weight excluding hydrogens is 296 g/mol. The van der Waals surface area contributed by atoms with E-state index >= 15 is 0 Å². The first-order chi connectivity index (χ1) is 11.2. The molecule has 1 aromatic heterocycles. The number of urea groups is 1. The molecule has 0 spiro atoms. The molecule has 3 heterocycles. The summed E-state index contributed by atoms with van der Waals surface area (Å²) in [5.74, 6) is 0.311. The molecule has 2 aliphatic heterocycles. The van der Waals surface area contributed by atoms with Gasteiger partial charge in [0.1, 0.15) is 6.10 Å². The normalized spacial score (nSPS) is 27.9. The van der Waals surface area contributed by atoms with E-state index in [1.54, 1.807) is 15.8 Å². The van der Waals surface area contributed by atoms with Crippen LogP contribution in [-0.2, 0) is 16.5 Å². The van der Waals surface area contributed by atoms with Crippen LogP contribution in [0, 0.1) is 5.92 Å². The van der Waals surface area contributed by atoms with Crippen molar-refractivity contribution in [2.75, 3.05) is 32.8 Å². The van der Waals surface area contributed by atoms with Crippen molar-refractivity contribution in [3.63, 3.8) is 0 Å². The molecule has 0 aliphatic carbocycles. The Morgan fingerprint density at radius 2 is 2.39 bits per heavy atom. The number of hydrogen-bond donors (Lipinski definition) is 1. The Morgan fingerprint density at radius 1 is 1.52 bits per heavy atom. The zero-order valence-corrected chi connectivity index (χ0v) is 13.5. The van der Waals surface area contributed by atoms with Crippen LogP contribution in [0.4, 0.5) is 4.79 Å². The molecule has 23 heavy (non-hydrogen) atoms. The topological polar surface area (TPSA) is 68.6 Å². The number of rotatable bonds is 4. The van der Waals surface area contributed by atoms with Crippen LogP contribution in [0.15, 0.2) is 24.9 Å². The first-order valence-corrected chi connectivity index (χ1v) is 8.05. The van der Waals surface area contributed by atoms with Crippen LogP contribution in [0.25, 0.3) is 0 Å². The van der Waals surface area contributed by atoms with Crippen LogP contribution >= 0.6 is 0 Å². The van der Waals surface area contributed by atoms with Crippen LogP contribution in [-0.4, -0.2) is 59.7 Å². The lowest BCUT2D eigenvalue weighted by atomic mass is 10.0. The fourth-order valence-corrected chi connectivity index (χ4v) is 3.18. The molecular formula is C16H24N4O3. The van der Waals surface area contributed by atoms with E-state index in [4.69, 9.17) is 9.47 Å². The summed E-state index contributed by atoms with van der Waals surface area (Å²) in [5, 5.41) is 7.18. The minimum absolute atomic E-state index is 0.0437. The van der Waals surface area contributed by atoms with Gasteiger partial charge in [0.25, 0.3) is 0 Å². The zero-order valence-electron chi connectivity index (χ0n) is 13.5. The van der Waals surface area contributed by atoms with Crippen molar-refractivity contribution in [1.82, 2.24) is 20.0 Å². The Balaban J connectivity index is 1.53. The van der Waals surface area contributed by atoms with Crippen molar-refractivity contribution >= 4 is 6.03 Å². The smallest absolute Gasteiger partial charge is 0.317 e. The van der Waals surface area contributed by atoms with Gasteiger partial charge in [0.2, 0.25) is 0 Å². The van der Waals surface area contributed by atoms with Crippen LogP contribution < -0.4 is 5.32 Å². The summed E-state index contributed by atoms with van der Waals surface area (Å²) < 4.78 is 13.1. The van der Waals surface area contributed by atoms with E-state index in [1.165, 1.54) is 0 Å². The summed E-state index contributed by atoms with van der Waals surface area (Å²) >= 11 is 0. The average molecular weight is 320 g/mol. The van der Waals surface area contributed by atoms with Crippen molar-refractivity contribution < 1.29 is 14.3 Å². The molecule has 1 aromatic rings. The van der Waals surface area contributed by atoms with E-state index in [0.29, 0.717) is 32.2 Å². The maximum atomic E-state index is 12.4. The van der Waals surface area contributed by atoms with Gasteiger partial charge in [-0.3, -0.25) is 4.68 Å². The molecule has 7 nitrogen and oxygen atoms in total. The van der Waals surface area contributed by atoms with Gasteiger partial charge in [-0.2, -0.15) is 5.10 Å². The van der Waals surface area contributed by atoms with Gasteiger partial charge >= 0.3 is 6.03 Å². The van der Waals surface area contributed by atoms with E-state index in [2.05, 4.69) is 17.0 Å². The summed E-state index contributed by atoms with van der Waals surface area (Å²) in [5.41, 5.74) is 0.985. The van der Waals surface area contributed by atoms with Crippen molar-refractivity contribution in [1.29, 1.82) is 0 Å². The Morgan fingerprint density at radius 3 is 3.13 bits per heavy atom. The quantitative estimate of drug-likeness (QED) is 0.844. The first kappa shape index (κ1) is 16.0. The van der Waals surface area contributed by atoms with E-state index in [1.807, 2.05) is 19.2 Å². The zero-order chi connectivity index (χ0) is 16.2. The molecule has 1 unspecified atom stereocenters. The van der Waals surface area contributed by atoms with Crippen LogP contribution in [0.5, 0.6) is 0 Å². The third-order valence-corrected chi connectivity index (χ3v) is 4.55. The lowest BCUT2D eigenvalue weighted by Gasteiger charge is -2.33. The van der Waals surface area contributed by atoms with E-state index in [-0.39, 0.29) is 18.2 Å². The first-order valence-electron chi connectivity index (χ1n) is 8.05. The summed E-state index contributed by atoms with van der Waals surface area (Å²) in [6.45, 7) is 6.81. The number of ether oxygens (including phenoxy) is 2. The number of carbonyl (C=O) groups excluding carboxylic acids is 1. The van der Waals surface area contributed by atoms with Gasteiger partial charge in [0.05, 0.1) is 24.9 Å². The third kappa shape index (κ3) is 3.56. The van der Waals surface area contributed by atoms with Crippen molar-refractivity contribution in [2.45, 2.75) is 18.6 Å². The van der Waals surface area contributed by atoms with Gasteiger partial charge in [-0.1, -0.05) is 6.08 Å². The number of aryl methyl sites for hydroxylation is 1. The largest absolute Gasteiger partial charge is 0.374 e. The summed E-state index contributed by atoms with van der Waals surface area (Å²) in [6, 6.07) is 1.88. The number of nitrogens with zero attached hydrogens (tertiary/aromatic N) is 3. The molecule has 0 saturated carbocycles. The lowest BCUT2D eigenvalue weighted by molar-refractivity contribution is -0.0195. The number of carbonyl (C=O) groups is 1. The maximum absolute atomic E-state index is 12.4. The molecule has 2 saturated heterocycles. The fraction of sp³-hybridized carbons (Fsp3) is 0.625. The SMILES string of the molecule is C=C[C@@H]1OCC[C@H]1CNC(=O)N1CCOC(c2ccnn2C)C1. The maximum Gasteiger partial charge on any atom is 0.317 e. The predicted octanol–water partition coefficient (Wildman–Crippen LogP) is 1.09. The highest BCUT2D eigenvalue weighted by atomic mass is 16.5. The monoisotopic (exact) mass is 320 g/mol. The molecule has 2 aliphatic rings. The van der Waals surface area contributed by atoms with Crippen LogP contribution in [0.2, 0.25) is 0 Å². The Bertz CT molecular complexity index is 559. The molecule has 2 amide bonds. The molecule has 3 rings (SSSR count). The van der Waals surface area contributed by atoms with Crippen molar-refractivity contribution in [3.05, 3.63) is 30.6 Å². The highest BCUT2D eigenvalue weighted by Crippen LogP contribution is 2.23. The minimum Gasteiger partial charge on any atom is -0.374 e. The standard InChI is InChI=1S/C16H24N4O3/c1-3-14-12(5-8-22-14)10-17-16(21)20-7-9-23-15(11-20)13-4-6-18-19(13)2/h3-4,6,12,14-15H,1,5,7-11H2,2H3,(H,17,21)/t12-,14-,15?/m0/s1. The molecule has 126 valence electrons. The second-order valence-electron chi connectivity index (χ2n) is 5.99. The van der Waals surface area contributed by atoms with E-state index in [9.17, 15) is 4.79 Å². The van der Waals surface area contributed by atoms with Crippen LogP contribution in [0.3, 0.4) is 0 Å². The fourth-order valence-electron chi connectivity index (χ4n) is 3.18. The second kappa shape index (κ2) is 7.14. The Labute approximate surface area is 136 Å². The highest BCUT2D eigenvalue weighted by Gasteiger charge is 2.29. The second-order valence-corrected chi connectivity index (χ2v) is 5.99. The number of nitrogens with one attached hydrogen (secondary N) is 1. The van der Waals surface area contributed by atoms with Gasteiger partial charge in [-0.15, -0.1) is 6.58 Å². The highest BCUT2D eigenvalue weighted by molar-refractivity contribution is 5.74. The van der Waals surface area contributed by atoms with E-state index in [0.717, 1.165) is 18.7 Å². The number of morpholine rings is 1. The van der Waals surface area contributed by atoms with E-state index < -0.39 is 0 Å². The molecule has 0 aromatic carbocycles. The lowest BCUT2D eigenvalue weighted by Crippen LogP contribution is -2.48. The molecule has 0 bridgehead atoms. The molecule has 2 fully saturated rings. The third-order valence-electron chi connectivity index (χ3n) is 4.55. The summed E-state index contributed by atoms with van der Waals surface area (Å²) in [4.78, 5) is 14.2. The van der Waals surface area contributed by atoms with Gasteiger partial charge < -0.3 is 19.7 Å². The van der Waals surface area contributed by atoms with Gasteiger partial charge in [-0.25, -0.2) is 4.79 Å². The van der Waals surface area contributed by atoms with Gasteiger partial charge in [0, 0.05) is 38.9 Å². The summed E-state index contributed by atoms with van der Waals surface area (Å²) in [7, 11) is 1.88. The number of amides is 2. The van der Waals surface area contributed by atoms with Crippen molar-refractivity contribution in [3.8, 4) is 0 Å². The molecule has 1 N–H and O–H groups in total. The predicted molar refractivity (Wildman–Crippen MR) is 84.9 cm³/mol. The summed E-state index contributed by atoms with van der Waals surface area (Å²) in [6.07, 6.45) is 4.43. The Hall–Kier alpha value is -1.86. The average Bonchev–Trinajstić information content (AvgIpc) is 3.21. The number of aromatic nitrogens is 2. The minimum atomic E-state index is -0.127. The van der Waals surface area contributed by atoms with Gasteiger partial charge in [-0.05, 0) is 12.5 Å². The molecule has 0 radical (unpaired) electrons. The van der Waals surface area contributed by atoms with Crippen LogP contribution in [0.1, 0.15) is 18.2 Å².